The number of nitrogens with one attached hydrogen (secondary N) is 1. The third-order valence-electron chi connectivity index (χ3n) is 6.64. The maximum Gasteiger partial charge on any atom is 0.264 e. The van der Waals surface area contributed by atoms with Crippen molar-refractivity contribution < 1.29 is 22.7 Å². The number of anilines is 1. The number of unbranched alkanes of at least 4 members (excludes halogenated alkanes) is 1. The largest absolute Gasteiger partial charge is 0.494 e. The van der Waals surface area contributed by atoms with E-state index >= 15 is 0 Å². The molecule has 1 atom stereocenters. The molecule has 0 aliphatic heterocycles. The van der Waals surface area contributed by atoms with Gasteiger partial charge in [0.05, 0.1) is 17.2 Å². The van der Waals surface area contributed by atoms with E-state index in [1.807, 2.05) is 45.0 Å². The van der Waals surface area contributed by atoms with Gasteiger partial charge in [0.1, 0.15) is 18.3 Å². The number of amides is 2. The van der Waals surface area contributed by atoms with E-state index in [9.17, 15) is 18.0 Å². The highest BCUT2D eigenvalue weighted by Gasteiger charge is 2.32. The molecule has 0 aliphatic rings. The molecule has 1 N–H and O–H groups in total. The summed E-state index contributed by atoms with van der Waals surface area (Å²) >= 11 is 0. The van der Waals surface area contributed by atoms with Crippen molar-refractivity contribution >= 4 is 27.5 Å². The van der Waals surface area contributed by atoms with Gasteiger partial charge in [-0.3, -0.25) is 13.9 Å². The van der Waals surface area contributed by atoms with Gasteiger partial charge >= 0.3 is 0 Å². The minimum Gasteiger partial charge on any atom is -0.494 e. The zero-order valence-electron chi connectivity index (χ0n) is 23.7. The molecule has 214 valence electrons. The number of carbonyl (C=O) groups excluding carboxylic acids is 2. The summed E-state index contributed by atoms with van der Waals surface area (Å²) in [5, 5.41) is 2.90. The van der Waals surface area contributed by atoms with Crippen LogP contribution in [0, 0.1) is 6.92 Å². The molecule has 0 bridgehead atoms. The van der Waals surface area contributed by atoms with Crippen molar-refractivity contribution in [2.45, 2.75) is 58.0 Å². The lowest BCUT2D eigenvalue weighted by atomic mass is 10.1. The summed E-state index contributed by atoms with van der Waals surface area (Å²) < 4.78 is 34.3. The van der Waals surface area contributed by atoms with Crippen LogP contribution in [0.2, 0.25) is 0 Å². The maximum absolute atomic E-state index is 14.0. The standard InChI is InChI=1S/C31H39N3O5S/c1-5-7-21-32-31(36)25(4)33(22-26-14-12-11-13-24(26)3)30(35)23-34(27-15-9-8-10-16-27)40(37,38)29-19-17-28(18-20-29)39-6-2/h8-20,25H,5-7,21-23H2,1-4H3,(H,32,36)/t25-/m0/s1. The van der Waals surface area contributed by atoms with Gasteiger partial charge in [-0.1, -0.05) is 55.8 Å². The first-order valence-electron chi connectivity index (χ1n) is 13.6. The first-order chi connectivity index (χ1) is 19.2. The highest BCUT2D eigenvalue weighted by molar-refractivity contribution is 7.92. The summed E-state index contributed by atoms with van der Waals surface area (Å²) in [4.78, 5) is 28.5. The molecular formula is C31H39N3O5S. The van der Waals surface area contributed by atoms with Gasteiger partial charge in [0, 0.05) is 13.1 Å². The number of aryl methyl sites for hydroxylation is 1. The molecule has 0 radical (unpaired) electrons. The van der Waals surface area contributed by atoms with Crippen LogP contribution < -0.4 is 14.4 Å². The van der Waals surface area contributed by atoms with Crippen LogP contribution in [0.1, 0.15) is 44.7 Å². The summed E-state index contributed by atoms with van der Waals surface area (Å²) in [6, 6.07) is 21.4. The van der Waals surface area contributed by atoms with E-state index in [1.54, 1.807) is 49.4 Å². The lowest BCUT2D eigenvalue weighted by Gasteiger charge is -2.32. The first-order valence-corrected chi connectivity index (χ1v) is 15.0. The lowest BCUT2D eigenvalue weighted by molar-refractivity contribution is -0.139. The van der Waals surface area contributed by atoms with Crippen molar-refractivity contribution in [2.24, 2.45) is 0 Å². The number of para-hydroxylation sites is 1. The molecule has 0 saturated heterocycles. The highest BCUT2D eigenvalue weighted by atomic mass is 32.2. The molecule has 2 amide bonds. The van der Waals surface area contributed by atoms with Crippen molar-refractivity contribution in [2.75, 3.05) is 24.0 Å². The molecule has 0 unspecified atom stereocenters. The van der Waals surface area contributed by atoms with E-state index < -0.39 is 28.5 Å². The van der Waals surface area contributed by atoms with Gasteiger partial charge in [0.25, 0.3) is 10.0 Å². The van der Waals surface area contributed by atoms with Crippen LogP contribution in [0.3, 0.4) is 0 Å². The molecule has 0 spiro atoms. The Balaban J connectivity index is 1.97. The molecule has 0 saturated carbocycles. The number of hydrogen-bond acceptors (Lipinski definition) is 5. The smallest absolute Gasteiger partial charge is 0.264 e. The van der Waals surface area contributed by atoms with Crippen molar-refractivity contribution in [3.8, 4) is 5.75 Å². The Hall–Kier alpha value is -3.85. The summed E-state index contributed by atoms with van der Waals surface area (Å²) in [7, 11) is -4.13. The van der Waals surface area contributed by atoms with E-state index in [-0.39, 0.29) is 17.3 Å². The van der Waals surface area contributed by atoms with Crippen LogP contribution in [0.4, 0.5) is 5.69 Å². The molecule has 0 aliphatic carbocycles. The van der Waals surface area contributed by atoms with Gasteiger partial charge in [-0.2, -0.15) is 0 Å². The van der Waals surface area contributed by atoms with Crippen LogP contribution >= 0.6 is 0 Å². The first kappa shape index (κ1) is 30.7. The summed E-state index contributed by atoms with van der Waals surface area (Å²) in [6.07, 6.45) is 1.75. The molecule has 3 aromatic rings. The molecule has 3 rings (SSSR count). The zero-order valence-corrected chi connectivity index (χ0v) is 24.5. The predicted molar refractivity (Wildman–Crippen MR) is 158 cm³/mol. The molecule has 0 fully saturated rings. The zero-order chi connectivity index (χ0) is 29.1. The molecule has 9 heteroatoms. The van der Waals surface area contributed by atoms with E-state index in [4.69, 9.17) is 4.74 Å². The number of carbonyl (C=O) groups is 2. The average Bonchev–Trinajstić information content (AvgIpc) is 2.96. The van der Waals surface area contributed by atoms with Crippen LogP contribution in [0.5, 0.6) is 5.75 Å². The highest BCUT2D eigenvalue weighted by Crippen LogP contribution is 2.26. The second kappa shape index (κ2) is 14.5. The predicted octanol–water partition coefficient (Wildman–Crippen LogP) is 4.92. The normalized spacial score (nSPS) is 11.9. The molecular weight excluding hydrogens is 526 g/mol. The fourth-order valence-electron chi connectivity index (χ4n) is 4.21. The number of nitrogens with zero attached hydrogens (tertiary/aromatic N) is 2. The number of rotatable bonds is 14. The lowest BCUT2D eigenvalue weighted by Crippen LogP contribution is -2.51. The van der Waals surface area contributed by atoms with E-state index in [1.165, 1.54) is 17.0 Å². The van der Waals surface area contributed by atoms with Gasteiger partial charge in [-0.25, -0.2) is 8.42 Å². The van der Waals surface area contributed by atoms with Crippen molar-refractivity contribution in [1.29, 1.82) is 0 Å². The van der Waals surface area contributed by atoms with Gasteiger partial charge in [0.15, 0.2) is 0 Å². The quantitative estimate of drug-likeness (QED) is 0.280. The fraction of sp³-hybridized carbons (Fsp3) is 0.355. The van der Waals surface area contributed by atoms with Crippen molar-refractivity contribution in [1.82, 2.24) is 10.2 Å². The Bertz CT molecular complexity index is 1360. The average molecular weight is 566 g/mol. The van der Waals surface area contributed by atoms with Crippen molar-refractivity contribution in [3.63, 3.8) is 0 Å². The van der Waals surface area contributed by atoms with Gasteiger partial charge in [-0.15, -0.1) is 0 Å². The Morgan fingerprint density at radius 2 is 1.57 bits per heavy atom. The summed E-state index contributed by atoms with van der Waals surface area (Å²) in [5.41, 5.74) is 2.20. The van der Waals surface area contributed by atoms with Crippen LogP contribution in [0.25, 0.3) is 0 Å². The number of ether oxygens (including phenoxy) is 1. The van der Waals surface area contributed by atoms with Crippen LogP contribution in [0.15, 0.2) is 83.8 Å². The van der Waals surface area contributed by atoms with Gasteiger partial charge < -0.3 is 15.0 Å². The van der Waals surface area contributed by atoms with E-state index in [0.29, 0.717) is 24.6 Å². The molecule has 0 heterocycles. The van der Waals surface area contributed by atoms with Crippen LogP contribution in [-0.2, 0) is 26.2 Å². The Labute approximate surface area is 238 Å². The van der Waals surface area contributed by atoms with Crippen molar-refractivity contribution in [3.05, 3.63) is 90.0 Å². The third-order valence-corrected chi connectivity index (χ3v) is 8.43. The minimum absolute atomic E-state index is 0.0309. The number of sulfonamides is 1. The molecule has 0 aromatic heterocycles. The second-order valence-corrected chi connectivity index (χ2v) is 11.4. The Morgan fingerprint density at radius 1 is 0.925 bits per heavy atom. The number of benzene rings is 3. The Kier molecular flexibility index (Phi) is 11.1. The van der Waals surface area contributed by atoms with E-state index in [2.05, 4.69) is 5.32 Å². The molecule has 3 aromatic carbocycles. The SMILES string of the molecule is CCCCNC(=O)[C@H](C)N(Cc1ccccc1C)C(=O)CN(c1ccccc1)S(=O)(=O)c1ccc(OCC)cc1. The Morgan fingerprint density at radius 3 is 2.20 bits per heavy atom. The molecule has 8 nitrogen and oxygen atoms in total. The molecule has 40 heavy (non-hydrogen) atoms. The third kappa shape index (κ3) is 7.85. The maximum atomic E-state index is 14.0. The monoisotopic (exact) mass is 565 g/mol. The minimum atomic E-state index is -4.13. The topological polar surface area (TPSA) is 96.0 Å². The van der Waals surface area contributed by atoms with Crippen LogP contribution in [-0.4, -0.2) is 50.9 Å². The van der Waals surface area contributed by atoms with E-state index in [0.717, 1.165) is 28.3 Å². The fourth-order valence-corrected chi connectivity index (χ4v) is 5.63. The number of hydrogen-bond donors (Lipinski definition) is 1. The summed E-state index contributed by atoms with van der Waals surface area (Å²) in [5.74, 6) is -0.216. The summed E-state index contributed by atoms with van der Waals surface area (Å²) in [6.45, 7) is 8.15. The van der Waals surface area contributed by atoms with Gasteiger partial charge in [-0.05, 0) is 74.7 Å². The van der Waals surface area contributed by atoms with Gasteiger partial charge in [0.2, 0.25) is 11.8 Å². The second-order valence-electron chi connectivity index (χ2n) is 9.52.